The van der Waals surface area contributed by atoms with Crippen molar-refractivity contribution in [3.63, 3.8) is 0 Å². The molecule has 548 valence electrons. The molecule has 9 nitrogen and oxygen atoms in total. The number of allylic oxidation sites excluding steroid dienone is 26. The van der Waals surface area contributed by atoms with E-state index in [9.17, 15) is 19.0 Å². The van der Waals surface area contributed by atoms with Crippen LogP contribution in [0.3, 0.4) is 0 Å². The molecule has 0 aliphatic rings. The van der Waals surface area contributed by atoms with Crippen LogP contribution in [-0.4, -0.2) is 70.0 Å². The highest BCUT2D eigenvalue weighted by Gasteiger charge is 2.22. The quantitative estimate of drug-likeness (QED) is 0.0195. The number of likely N-dealkylation sites (N-methyl/N-ethyl adjacent to an activating group) is 1. The van der Waals surface area contributed by atoms with Crippen LogP contribution >= 0.6 is 7.82 Å². The van der Waals surface area contributed by atoms with Crippen LogP contribution in [0.25, 0.3) is 0 Å². The molecule has 0 spiro atoms. The largest absolute Gasteiger partial charge is 0.756 e. The van der Waals surface area contributed by atoms with Crippen LogP contribution in [0.5, 0.6) is 0 Å². The molecule has 0 aliphatic carbocycles. The number of phosphoric ester groups is 1. The summed E-state index contributed by atoms with van der Waals surface area (Å²) in [6.45, 7) is 4.09. The fourth-order valence-corrected chi connectivity index (χ4v) is 11.3. The lowest BCUT2D eigenvalue weighted by Crippen LogP contribution is -2.37. The summed E-state index contributed by atoms with van der Waals surface area (Å²) in [5.41, 5.74) is 0. The Morgan fingerprint density at radius 1 is 0.333 bits per heavy atom. The van der Waals surface area contributed by atoms with E-state index >= 15 is 0 Å². The Hall–Kier alpha value is -4.37. The summed E-state index contributed by atoms with van der Waals surface area (Å²) in [4.78, 5) is 38.1. The summed E-state index contributed by atoms with van der Waals surface area (Å²) >= 11 is 0. The molecular formula is C86H146NO8P. The van der Waals surface area contributed by atoms with Crippen LogP contribution in [0.1, 0.15) is 322 Å². The average molecular weight is 1350 g/mol. The predicted molar refractivity (Wildman–Crippen MR) is 415 cm³/mol. The van der Waals surface area contributed by atoms with Crippen molar-refractivity contribution in [2.75, 3.05) is 47.5 Å². The van der Waals surface area contributed by atoms with Gasteiger partial charge in [0.05, 0.1) is 27.7 Å². The normalized spacial score (nSPS) is 13.9. The topological polar surface area (TPSA) is 111 Å². The minimum atomic E-state index is -4.67. The van der Waals surface area contributed by atoms with Gasteiger partial charge >= 0.3 is 11.9 Å². The fraction of sp³-hybridized carbons (Fsp3) is 0.674. The molecule has 0 aromatic rings. The molecule has 0 bridgehead atoms. The molecule has 2 atom stereocenters. The molecule has 0 heterocycles. The van der Waals surface area contributed by atoms with Gasteiger partial charge in [0.15, 0.2) is 6.10 Å². The van der Waals surface area contributed by atoms with Gasteiger partial charge in [-0.15, -0.1) is 0 Å². The Kier molecular flexibility index (Phi) is 71.4. The number of carbonyl (C=O) groups is 2. The number of quaternary nitrogens is 1. The van der Waals surface area contributed by atoms with E-state index in [1.54, 1.807) is 0 Å². The van der Waals surface area contributed by atoms with E-state index in [0.29, 0.717) is 17.4 Å². The Balaban J connectivity index is 4.12. The van der Waals surface area contributed by atoms with Crippen molar-refractivity contribution in [2.45, 2.75) is 328 Å². The second kappa shape index (κ2) is 74.8. The molecule has 10 heteroatoms. The van der Waals surface area contributed by atoms with Gasteiger partial charge in [-0.2, -0.15) is 0 Å². The molecule has 0 aromatic heterocycles. The van der Waals surface area contributed by atoms with Crippen LogP contribution in [-0.2, 0) is 32.7 Å². The van der Waals surface area contributed by atoms with Gasteiger partial charge in [0, 0.05) is 12.8 Å². The molecular weight excluding hydrogens is 1210 g/mol. The highest BCUT2D eigenvalue weighted by molar-refractivity contribution is 7.45. The van der Waals surface area contributed by atoms with Gasteiger partial charge in [-0.25, -0.2) is 0 Å². The highest BCUT2D eigenvalue weighted by atomic mass is 31.2. The number of ether oxygens (including phenoxy) is 2. The maximum atomic E-state index is 12.9. The zero-order chi connectivity index (χ0) is 69.7. The van der Waals surface area contributed by atoms with Crippen molar-refractivity contribution < 1.29 is 42.1 Å². The summed E-state index contributed by atoms with van der Waals surface area (Å²) in [7, 11) is 1.13. The first-order valence-electron chi connectivity index (χ1n) is 39.2. The number of phosphoric acid groups is 1. The number of hydrogen-bond acceptors (Lipinski definition) is 8. The van der Waals surface area contributed by atoms with E-state index in [0.717, 1.165) is 109 Å². The molecule has 0 amide bonds. The third kappa shape index (κ3) is 78.6. The van der Waals surface area contributed by atoms with Crippen LogP contribution in [0.4, 0.5) is 0 Å². The monoisotopic (exact) mass is 1350 g/mol. The maximum absolute atomic E-state index is 12.9. The van der Waals surface area contributed by atoms with Gasteiger partial charge in [-0.05, 0) is 128 Å². The average Bonchev–Trinajstić information content (AvgIpc) is 1.98. The summed E-state index contributed by atoms with van der Waals surface area (Å²) in [5, 5.41) is 0. The molecule has 2 unspecified atom stereocenters. The number of esters is 2. The molecule has 0 aromatic carbocycles. The maximum Gasteiger partial charge on any atom is 0.306 e. The Morgan fingerprint density at radius 2 is 0.594 bits per heavy atom. The summed E-state index contributed by atoms with van der Waals surface area (Å²) in [6.07, 6.45) is 112. The summed E-state index contributed by atoms with van der Waals surface area (Å²) < 4.78 is 34.3. The smallest absolute Gasteiger partial charge is 0.306 e. The van der Waals surface area contributed by atoms with Gasteiger partial charge in [-0.3, -0.25) is 14.2 Å². The van der Waals surface area contributed by atoms with Crippen molar-refractivity contribution in [3.8, 4) is 0 Å². The molecule has 0 aliphatic heterocycles. The van der Waals surface area contributed by atoms with Crippen molar-refractivity contribution in [3.05, 3.63) is 158 Å². The zero-order valence-corrected chi connectivity index (χ0v) is 63.4. The molecule has 0 N–H and O–H groups in total. The van der Waals surface area contributed by atoms with Crippen LogP contribution < -0.4 is 4.89 Å². The molecule has 0 saturated heterocycles. The number of rotatable bonds is 71. The minimum absolute atomic E-state index is 0.0462. The molecule has 0 rings (SSSR count). The zero-order valence-electron chi connectivity index (χ0n) is 62.5. The SMILES string of the molecule is CC/C=C\C/C=C\C/C=C\C/C=C\C/C=C\C/C=C\C/C=C\C/C=C\C/C=C\C/C=C\C/C=C\C/C=C\CCCCC(=O)OC(COC(=O)CCCCCCCCCCCCCCCCCCCCCCC/C=C\CCCCCCCCCC)COP(=O)([O-])OCC[N+](C)(C)C. The highest BCUT2D eigenvalue weighted by Crippen LogP contribution is 2.38. The van der Waals surface area contributed by atoms with Crippen LogP contribution in [0.2, 0.25) is 0 Å². The van der Waals surface area contributed by atoms with Crippen molar-refractivity contribution in [2.24, 2.45) is 0 Å². The molecule has 0 saturated carbocycles. The predicted octanol–water partition coefficient (Wildman–Crippen LogP) is 25.6. The van der Waals surface area contributed by atoms with Gasteiger partial charge in [0.1, 0.15) is 19.8 Å². The van der Waals surface area contributed by atoms with Crippen LogP contribution in [0.15, 0.2) is 158 Å². The molecule has 96 heavy (non-hydrogen) atoms. The Morgan fingerprint density at radius 3 is 0.917 bits per heavy atom. The van der Waals surface area contributed by atoms with Gasteiger partial charge < -0.3 is 27.9 Å². The standard InChI is InChI=1S/C86H146NO8P/c1-6-8-10-12-14-16-18-20-22-24-26-28-30-32-34-36-38-40-41-42-43-44-45-47-49-51-53-55-57-59-61-63-65-67-69-71-73-75-77-79-86(89)95-84(83-94-96(90,91)93-81-80-87(3,4)5)82-92-85(88)78-76-74-72-70-68-66-64-62-60-58-56-54-52-50-48-46-39-37-35-33-31-29-27-25-23-21-19-17-15-13-11-9-7-2/h8,10,14,16,20,22,25-28,32,34,38,40,42-43,45,47,51,53,57,59,63,65,69,71,84H,6-7,9,11-13,15,17-19,21,23-24,29-31,33,35-37,39,41,44,46,48-50,52,54-56,58,60-62,64,66-68,70,72-83H2,1-5H3/b10-8-,16-14-,22-20-,27-25-,28-26-,34-32-,40-38-,43-42-,47-45-,53-51-,59-57-,65-63-,71-69-. The number of hydrogen-bond donors (Lipinski definition) is 0. The number of unbranched alkanes of at least 4 members (excludes halogenated alkanes) is 31. The van der Waals surface area contributed by atoms with Crippen LogP contribution in [0, 0.1) is 0 Å². The van der Waals surface area contributed by atoms with E-state index in [4.69, 9.17) is 18.5 Å². The first kappa shape index (κ1) is 91.6. The second-order valence-corrected chi connectivity index (χ2v) is 28.4. The van der Waals surface area contributed by atoms with E-state index < -0.39 is 32.5 Å². The Bertz CT molecular complexity index is 2180. The third-order valence-electron chi connectivity index (χ3n) is 16.5. The lowest BCUT2D eigenvalue weighted by Gasteiger charge is -2.28. The lowest BCUT2D eigenvalue weighted by molar-refractivity contribution is -0.870. The Labute approximate surface area is 592 Å². The van der Waals surface area contributed by atoms with Crippen molar-refractivity contribution in [1.29, 1.82) is 0 Å². The van der Waals surface area contributed by atoms with E-state index in [1.165, 1.54) is 180 Å². The van der Waals surface area contributed by atoms with E-state index in [2.05, 4.69) is 172 Å². The lowest BCUT2D eigenvalue weighted by atomic mass is 10.0. The number of carbonyl (C=O) groups excluding carboxylic acids is 2. The van der Waals surface area contributed by atoms with Gasteiger partial charge in [-0.1, -0.05) is 339 Å². The fourth-order valence-electron chi connectivity index (χ4n) is 10.6. The van der Waals surface area contributed by atoms with Crippen molar-refractivity contribution >= 4 is 19.8 Å². The summed E-state index contributed by atoms with van der Waals surface area (Å²) in [6, 6.07) is 0. The third-order valence-corrected chi connectivity index (χ3v) is 17.5. The van der Waals surface area contributed by atoms with Crippen molar-refractivity contribution in [1.82, 2.24) is 0 Å². The first-order valence-corrected chi connectivity index (χ1v) is 40.7. The molecule has 0 fully saturated rings. The second-order valence-electron chi connectivity index (χ2n) is 27.0. The van der Waals surface area contributed by atoms with Gasteiger partial charge in [0.25, 0.3) is 7.82 Å². The first-order chi connectivity index (χ1) is 47.0. The minimum Gasteiger partial charge on any atom is -0.756 e. The van der Waals surface area contributed by atoms with E-state index in [1.807, 2.05) is 21.1 Å². The van der Waals surface area contributed by atoms with Gasteiger partial charge in [0.2, 0.25) is 0 Å². The van der Waals surface area contributed by atoms with E-state index in [-0.39, 0.29) is 26.1 Å². The number of nitrogens with zero attached hydrogens (tertiary/aromatic N) is 1. The molecule has 0 radical (unpaired) electrons. The summed E-state index contributed by atoms with van der Waals surface area (Å²) in [5.74, 6) is -0.884.